The van der Waals surface area contributed by atoms with Gasteiger partial charge in [-0.3, -0.25) is 14.5 Å². The number of aliphatic carboxylic acids is 1. The van der Waals surface area contributed by atoms with E-state index in [1.807, 2.05) is 0 Å². The topological polar surface area (TPSA) is 78.9 Å². The number of methoxy groups -OCH3 is 1. The SMILES string of the molecule is CO[C@H]1CN(CC(=O)O)C[C@@H]1NC(=O)c1ccc(Cl)s1. The van der Waals surface area contributed by atoms with Crippen molar-refractivity contribution in [3.8, 4) is 0 Å². The van der Waals surface area contributed by atoms with E-state index < -0.39 is 5.97 Å². The van der Waals surface area contributed by atoms with Crippen LogP contribution in [0.25, 0.3) is 0 Å². The van der Waals surface area contributed by atoms with E-state index in [0.29, 0.717) is 22.3 Å². The van der Waals surface area contributed by atoms with Gasteiger partial charge in [-0.2, -0.15) is 0 Å². The van der Waals surface area contributed by atoms with E-state index >= 15 is 0 Å². The van der Waals surface area contributed by atoms with Crippen LogP contribution >= 0.6 is 22.9 Å². The first-order valence-corrected chi connectivity index (χ1v) is 7.22. The predicted octanol–water partition coefficient (Wildman–Crippen LogP) is 0.915. The standard InChI is InChI=1S/C12H15ClN2O4S/c1-19-8-5-15(6-11(16)17)4-7(8)14-12(18)9-2-3-10(13)20-9/h2-3,7-8H,4-6H2,1H3,(H,14,18)(H,16,17)/t7-,8-/m0/s1. The fourth-order valence-electron chi connectivity index (χ4n) is 2.23. The molecule has 1 saturated heterocycles. The van der Waals surface area contributed by atoms with E-state index in [9.17, 15) is 9.59 Å². The number of carbonyl (C=O) groups excluding carboxylic acids is 1. The predicted molar refractivity (Wildman–Crippen MR) is 75.5 cm³/mol. The van der Waals surface area contributed by atoms with Gasteiger partial charge in [0.1, 0.15) is 0 Å². The number of carbonyl (C=O) groups is 2. The summed E-state index contributed by atoms with van der Waals surface area (Å²) in [6.07, 6.45) is -0.214. The summed E-state index contributed by atoms with van der Waals surface area (Å²) in [5.41, 5.74) is 0. The van der Waals surface area contributed by atoms with Crippen LogP contribution in [0.5, 0.6) is 0 Å². The lowest BCUT2D eigenvalue weighted by molar-refractivity contribution is -0.138. The van der Waals surface area contributed by atoms with Gasteiger partial charge >= 0.3 is 5.97 Å². The molecule has 0 unspecified atom stereocenters. The van der Waals surface area contributed by atoms with Crippen LogP contribution < -0.4 is 5.32 Å². The number of nitrogens with one attached hydrogen (secondary N) is 1. The van der Waals surface area contributed by atoms with Crippen LogP contribution in [0.15, 0.2) is 12.1 Å². The number of ether oxygens (including phenoxy) is 1. The van der Waals surface area contributed by atoms with Crippen molar-refractivity contribution >= 4 is 34.8 Å². The minimum atomic E-state index is -0.892. The Morgan fingerprint density at radius 3 is 2.85 bits per heavy atom. The van der Waals surface area contributed by atoms with Gasteiger partial charge in [-0.15, -0.1) is 11.3 Å². The molecule has 1 aromatic rings. The van der Waals surface area contributed by atoms with Gasteiger partial charge in [0, 0.05) is 20.2 Å². The lowest BCUT2D eigenvalue weighted by Gasteiger charge is -2.17. The molecule has 2 N–H and O–H groups in total. The van der Waals surface area contributed by atoms with Gasteiger partial charge < -0.3 is 15.2 Å². The van der Waals surface area contributed by atoms with Gasteiger partial charge in [-0.1, -0.05) is 11.6 Å². The maximum Gasteiger partial charge on any atom is 0.317 e. The van der Waals surface area contributed by atoms with Gasteiger partial charge in [-0.05, 0) is 12.1 Å². The Balaban J connectivity index is 1.97. The highest BCUT2D eigenvalue weighted by Gasteiger charge is 2.34. The lowest BCUT2D eigenvalue weighted by Crippen LogP contribution is -2.43. The van der Waals surface area contributed by atoms with Gasteiger partial charge in [0.25, 0.3) is 5.91 Å². The molecule has 0 saturated carbocycles. The Bertz CT molecular complexity index is 507. The maximum atomic E-state index is 12.1. The summed E-state index contributed by atoms with van der Waals surface area (Å²) in [6, 6.07) is 3.10. The minimum absolute atomic E-state index is 0.0585. The second-order valence-electron chi connectivity index (χ2n) is 4.55. The first-order chi connectivity index (χ1) is 9.49. The number of carboxylic acids is 1. The molecule has 8 heteroatoms. The van der Waals surface area contributed by atoms with Crippen LogP contribution in [-0.2, 0) is 9.53 Å². The van der Waals surface area contributed by atoms with Crippen LogP contribution in [0.1, 0.15) is 9.67 Å². The summed E-state index contributed by atoms with van der Waals surface area (Å²) in [5.74, 6) is -1.11. The van der Waals surface area contributed by atoms with E-state index in [-0.39, 0.29) is 24.6 Å². The molecule has 110 valence electrons. The molecule has 0 bridgehead atoms. The molecular weight excluding hydrogens is 304 g/mol. The average molecular weight is 319 g/mol. The summed E-state index contributed by atoms with van der Waals surface area (Å²) < 4.78 is 5.86. The average Bonchev–Trinajstić information content (AvgIpc) is 2.95. The van der Waals surface area contributed by atoms with E-state index in [1.165, 1.54) is 11.3 Å². The molecule has 2 atom stereocenters. The number of carboxylic acid groups (broad SMARTS) is 1. The fraction of sp³-hybridized carbons (Fsp3) is 0.500. The third-order valence-electron chi connectivity index (χ3n) is 3.12. The largest absolute Gasteiger partial charge is 0.480 e. The van der Waals surface area contributed by atoms with Crippen LogP contribution in [0.4, 0.5) is 0 Å². The monoisotopic (exact) mass is 318 g/mol. The van der Waals surface area contributed by atoms with Crippen LogP contribution in [-0.4, -0.2) is 60.8 Å². The number of hydrogen-bond acceptors (Lipinski definition) is 5. The molecule has 1 aliphatic heterocycles. The number of halogens is 1. The van der Waals surface area contributed by atoms with Crippen molar-refractivity contribution in [2.45, 2.75) is 12.1 Å². The number of likely N-dealkylation sites (tertiary alicyclic amines) is 1. The number of thiophene rings is 1. The van der Waals surface area contributed by atoms with Crippen molar-refractivity contribution in [1.29, 1.82) is 0 Å². The van der Waals surface area contributed by atoms with Crippen molar-refractivity contribution in [3.05, 3.63) is 21.3 Å². The summed E-state index contributed by atoms with van der Waals surface area (Å²) in [7, 11) is 1.55. The molecule has 2 heterocycles. The lowest BCUT2D eigenvalue weighted by atomic mass is 10.2. The molecule has 0 aliphatic carbocycles. The minimum Gasteiger partial charge on any atom is -0.480 e. The first-order valence-electron chi connectivity index (χ1n) is 6.02. The molecule has 0 spiro atoms. The molecule has 20 heavy (non-hydrogen) atoms. The van der Waals surface area contributed by atoms with E-state index in [0.717, 1.165) is 0 Å². The molecule has 2 rings (SSSR count). The summed E-state index contributed by atoms with van der Waals surface area (Å²) in [4.78, 5) is 25.0. The zero-order valence-electron chi connectivity index (χ0n) is 10.8. The molecule has 1 aromatic heterocycles. The Hall–Kier alpha value is -1.15. The Labute approximate surface area is 125 Å². The highest BCUT2D eigenvalue weighted by Crippen LogP contribution is 2.22. The van der Waals surface area contributed by atoms with Gasteiger partial charge in [0.05, 0.1) is 27.9 Å². The van der Waals surface area contributed by atoms with E-state index in [4.69, 9.17) is 21.4 Å². The normalized spacial score (nSPS) is 22.9. The first kappa shape index (κ1) is 15.2. The Kier molecular flexibility index (Phi) is 4.98. The molecule has 6 nitrogen and oxygen atoms in total. The third-order valence-corrected chi connectivity index (χ3v) is 4.35. The summed E-state index contributed by atoms with van der Waals surface area (Å²) >= 11 is 7.00. The van der Waals surface area contributed by atoms with Crippen molar-refractivity contribution in [1.82, 2.24) is 10.2 Å². The second kappa shape index (κ2) is 6.53. The fourth-order valence-corrected chi connectivity index (χ4v) is 3.17. The zero-order valence-corrected chi connectivity index (χ0v) is 12.4. The van der Waals surface area contributed by atoms with Crippen LogP contribution in [0, 0.1) is 0 Å². The van der Waals surface area contributed by atoms with Gasteiger partial charge in [-0.25, -0.2) is 0 Å². The van der Waals surface area contributed by atoms with Crippen molar-refractivity contribution in [2.24, 2.45) is 0 Å². The number of hydrogen-bond donors (Lipinski definition) is 2. The molecule has 1 fully saturated rings. The van der Waals surface area contributed by atoms with Crippen LogP contribution in [0.3, 0.4) is 0 Å². The quantitative estimate of drug-likeness (QED) is 0.844. The molecule has 1 aliphatic rings. The summed E-state index contributed by atoms with van der Waals surface area (Å²) in [5, 5.41) is 11.7. The van der Waals surface area contributed by atoms with Gasteiger partial charge in [0.2, 0.25) is 0 Å². The highest BCUT2D eigenvalue weighted by molar-refractivity contribution is 7.17. The maximum absolute atomic E-state index is 12.1. The zero-order chi connectivity index (χ0) is 14.7. The number of rotatable bonds is 5. The van der Waals surface area contributed by atoms with Crippen molar-refractivity contribution in [3.63, 3.8) is 0 Å². The smallest absolute Gasteiger partial charge is 0.317 e. The Morgan fingerprint density at radius 1 is 1.55 bits per heavy atom. The van der Waals surface area contributed by atoms with E-state index in [1.54, 1.807) is 24.1 Å². The number of amides is 1. The van der Waals surface area contributed by atoms with Crippen molar-refractivity contribution < 1.29 is 19.4 Å². The third kappa shape index (κ3) is 3.69. The second-order valence-corrected chi connectivity index (χ2v) is 6.26. The highest BCUT2D eigenvalue weighted by atomic mass is 35.5. The number of nitrogens with zero attached hydrogens (tertiary/aromatic N) is 1. The molecule has 0 aromatic carbocycles. The van der Waals surface area contributed by atoms with E-state index in [2.05, 4.69) is 5.32 Å². The van der Waals surface area contributed by atoms with Gasteiger partial charge in [0.15, 0.2) is 0 Å². The Morgan fingerprint density at radius 2 is 2.30 bits per heavy atom. The molecule has 0 radical (unpaired) electrons. The van der Waals surface area contributed by atoms with Crippen molar-refractivity contribution in [2.75, 3.05) is 26.7 Å². The summed E-state index contributed by atoms with van der Waals surface area (Å²) in [6.45, 7) is 0.881. The molecule has 1 amide bonds. The van der Waals surface area contributed by atoms with Crippen LogP contribution in [0.2, 0.25) is 4.34 Å². The molecular formula is C12H15ClN2O4S.